The summed E-state index contributed by atoms with van der Waals surface area (Å²) in [6.07, 6.45) is -2.58. The third-order valence-corrected chi connectivity index (χ3v) is 7.52. The van der Waals surface area contributed by atoms with Gasteiger partial charge in [0.15, 0.2) is 23.0 Å². The van der Waals surface area contributed by atoms with E-state index in [1.54, 1.807) is 12.1 Å². The summed E-state index contributed by atoms with van der Waals surface area (Å²) >= 11 is 0. The van der Waals surface area contributed by atoms with E-state index < -0.39 is 30.0 Å². The van der Waals surface area contributed by atoms with Gasteiger partial charge in [0.1, 0.15) is 41.0 Å². The molecule has 4 aromatic carbocycles. The second-order valence-corrected chi connectivity index (χ2v) is 10.1. The van der Waals surface area contributed by atoms with Crippen LogP contribution in [0, 0.1) is 0 Å². The Morgan fingerprint density at radius 1 is 0.625 bits per heavy atom. The number of phenolic OH excluding ortho intramolecular Hbond substituents is 7. The molecule has 40 heavy (non-hydrogen) atoms. The van der Waals surface area contributed by atoms with Gasteiger partial charge in [-0.15, -0.1) is 0 Å². The van der Waals surface area contributed by atoms with Crippen LogP contribution in [0.3, 0.4) is 0 Å². The zero-order chi connectivity index (χ0) is 28.3. The lowest BCUT2D eigenvalue weighted by atomic mass is 9.79. The second kappa shape index (κ2) is 9.35. The molecule has 0 spiro atoms. The molecule has 6 rings (SSSR count). The van der Waals surface area contributed by atoms with Crippen molar-refractivity contribution in [3.63, 3.8) is 0 Å². The van der Waals surface area contributed by atoms with E-state index in [9.17, 15) is 40.9 Å². The van der Waals surface area contributed by atoms with Crippen molar-refractivity contribution < 1.29 is 50.3 Å². The van der Waals surface area contributed by atoms with Crippen LogP contribution in [0.2, 0.25) is 0 Å². The Kier molecular flexibility index (Phi) is 5.92. The van der Waals surface area contributed by atoms with E-state index in [1.165, 1.54) is 48.5 Å². The summed E-state index contributed by atoms with van der Waals surface area (Å²) in [4.78, 5) is 0. The number of aliphatic hydroxyl groups excluding tert-OH is 1. The molecule has 0 saturated carbocycles. The zero-order valence-electron chi connectivity index (χ0n) is 20.9. The van der Waals surface area contributed by atoms with Gasteiger partial charge in [0.25, 0.3) is 0 Å². The Labute approximate surface area is 227 Å². The second-order valence-electron chi connectivity index (χ2n) is 10.1. The molecule has 0 saturated heterocycles. The minimum atomic E-state index is -1.12. The number of benzene rings is 4. The first-order chi connectivity index (χ1) is 19.1. The topological polar surface area (TPSA) is 180 Å². The van der Waals surface area contributed by atoms with Crippen LogP contribution in [0.4, 0.5) is 0 Å². The fourth-order valence-corrected chi connectivity index (χ4v) is 5.56. The van der Waals surface area contributed by atoms with Gasteiger partial charge in [-0.3, -0.25) is 0 Å². The summed E-state index contributed by atoms with van der Waals surface area (Å²) in [5.74, 6) is -2.05. The van der Waals surface area contributed by atoms with E-state index >= 15 is 0 Å². The van der Waals surface area contributed by atoms with Crippen LogP contribution in [-0.4, -0.2) is 47.0 Å². The largest absolute Gasteiger partial charge is 0.508 e. The molecule has 0 amide bonds. The van der Waals surface area contributed by atoms with E-state index in [4.69, 9.17) is 9.47 Å². The average Bonchev–Trinajstić information content (AvgIpc) is 2.91. The minimum absolute atomic E-state index is 0.0261. The molecule has 206 valence electrons. The quantitative estimate of drug-likeness (QED) is 0.172. The highest BCUT2D eigenvalue weighted by atomic mass is 16.5. The third kappa shape index (κ3) is 4.18. The number of ether oxygens (including phenoxy) is 2. The highest BCUT2D eigenvalue weighted by Gasteiger charge is 2.40. The van der Waals surface area contributed by atoms with Gasteiger partial charge in [-0.05, 0) is 47.9 Å². The maximum Gasteiger partial charge on any atom is 0.157 e. The summed E-state index contributed by atoms with van der Waals surface area (Å²) in [6, 6.07) is 14.1. The van der Waals surface area contributed by atoms with Crippen molar-refractivity contribution in [1.29, 1.82) is 0 Å². The molecule has 0 fully saturated rings. The van der Waals surface area contributed by atoms with Gasteiger partial charge in [-0.25, -0.2) is 0 Å². The first-order valence-corrected chi connectivity index (χ1v) is 12.6. The molecule has 4 aromatic rings. The molecule has 2 aliphatic rings. The smallest absolute Gasteiger partial charge is 0.157 e. The van der Waals surface area contributed by atoms with E-state index in [-0.39, 0.29) is 58.7 Å². The maximum absolute atomic E-state index is 11.2. The number of aromatic hydroxyl groups is 7. The van der Waals surface area contributed by atoms with Gasteiger partial charge < -0.3 is 50.3 Å². The van der Waals surface area contributed by atoms with E-state index in [1.807, 2.05) is 0 Å². The number of rotatable bonds is 3. The number of hydrogen-bond acceptors (Lipinski definition) is 10. The predicted octanol–water partition coefficient (Wildman–Crippen LogP) is 4.32. The average molecular weight is 547 g/mol. The first-order valence-electron chi connectivity index (χ1n) is 12.6. The SMILES string of the molecule is Oc1ccc2c(c1)O[C@H](c1ccc(O)c(O)c1)C[C@@H]2c1c(O)cc(O)c2c1O[C@H](c1ccc(O)c(O)c1)[C@H](O)C2. The molecule has 10 heteroatoms. The Morgan fingerprint density at radius 3 is 2.00 bits per heavy atom. The van der Waals surface area contributed by atoms with E-state index in [0.29, 0.717) is 28.0 Å². The monoisotopic (exact) mass is 546 g/mol. The van der Waals surface area contributed by atoms with Gasteiger partial charge in [0.05, 0.1) is 6.10 Å². The summed E-state index contributed by atoms with van der Waals surface area (Å²) in [6.45, 7) is 0. The summed E-state index contributed by atoms with van der Waals surface area (Å²) in [5, 5.41) is 82.6. The molecule has 2 aliphatic heterocycles. The van der Waals surface area contributed by atoms with Crippen LogP contribution >= 0.6 is 0 Å². The normalized spacial score (nSPS) is 21.5. The lowest BCUT2D eigenvalue weighted by molar-refractivity contribution is 0.0184. The number of aliphatic hydroxyl groups is 1. The highest BCUT2D eigenvalue weighted by Crippen LogP contribution is 2.55. The molecule has 0 radical (unpaired) electrons. The Hall–Kier alpha value is -4.96. The Bertz CT molecular complexity index is 1630. The molecule has 2 heterocycles. The van der Waals surface area contributed by atoms with Gasteiger partial charge in [-0.2, -0.15) is 0 Å². The molecule has 4 atom stereocenters. The lowest BCUT2D eigenvalue weighted by Gasteiger charge is -2.37. The zero-order valence-corrected chi connectivity index (χ0v) is 20.9. The van der Waals surface area contributed by atoms with Gasteiger partial charge >= 0.3 is 0 Å². The molecule has 10 nitrogen and oxygen atoms in total. The van der Waals surface area contributed by atoms with Crippen LogP contribution in [-0.2, 0) is 6.42 Å². The first kappa shape index (κ1) is 25.3. The number of hydrogen-bond donors (Lipinski definition) is 8. The number of fused-ring (bicyclic) bond motifs is 2. The van der Waals surface area contributed by atoms with Gasteiger partial charge in [-0.1, -0.05) is 18.2 Å². The molecule has 0 aromatic heterocycles. The Morgan fingerprint density at radius 2 is 1.30 bits per heavy atom. The van der Waals surface area contributed by atoms with Crippen molar-refractivity contribution in [1.82, 2.24) is 0 Å². The van der Waals surface area contributed by atoms with E-state index in [0.717, 1.165) is 0 Å². The summed E-state index contributed by atoms with van der Waals surface area (Å²) < 4.78 is 12.4. The number of phenols is 7. The van der Waals surface area contributed by atoms with Crippen molar-refractivity contribution >= 4 is 0 Å². The summed E-state index contributed by atoms with van der Waals surface area (Å²) in [5.41, 5.74) is 2.13. The fourth-order valence-electron chi connectivity index (χ4n) is 5.56. The van der Waals surface area contributed by atoms with Crippen LogP contribution < -0.4 is 9.47 Å². The fraction of sp³-hybridized carbons (Fsp3) is 0.200. The third-order valence-electron chi connectivity index (χ3n) is 7.52. The van der Waals surface area contributed by atoms with Crippen LogP contribution in [0.5, 0.6) is 51.7 Å². The lowest BCUT2D eigenvalue weighted by Crippen LogP contribution is -2.31. The van der Waals surface area contributed by atoms with Crippen molar-refractivity contribution in [2.24, 2.45) is 0 Å². The standard InChI is InChI=1S/C30H26O10/c31-15-3-4-16-17(11-26(39-27(16)9-15)13-1-5-19(32)22(35)7-13)28-24(37)12-21(34)18-10-25(38)29(40-30(18)28)14-2-6-20(33)23(36)8-14/h1-9,12,17,25-26,29,31-38H,10-11H2/t17-,25+,26-,29+/m0/s1. The molecule has 0 unspecified atom stereocenters. The van der Waals surface area contributed by atoms with Gasteiger partial charge in [0, 0.05) is 41.2 Å². The highest BCUT2D eigenvalue weighted by molar-refractivity contribution is 5.63. The van der Waals surface area contributed by atoms with E-state index in [2.05, 4.69) is 0 Å². The predicted molar refractivity (Wildman–Crippen MR) is 140 cm³/mol. The van der Waals surface area contributed by atoms with Gasteiger partial charge in [0.2, 0.25) is 0 Å². The molecule has 0 aliphatic carbocycles. The molecular weight excluding hydrogens is 520 g/mol. The summed E-state index contributed by atoms with van der Waals surface area (Å²) in [7, 11) is 0. The molecule has 8 N–H and O–H groups in total. The van der Waals surface area contributed by atoms with Crippen molar-refractivity contribution in [3.05, 3.63) is 88.5 Å². The maximum atomic E-state index is 11.2. The molecule has 0 bridgehead atoms. The van der Waals surface area contributed by atoms with Crippen molar-refractivity contribution in [3.8, 4) is 51.7 Å². The minimum Gasteiger partial charge on any atom is -0.508 e. The van der Waals surface area contributed by atoms with Crippen molar-refractivity contribution in [2.75, 3.05) is 0 Å². The van der Waals surface area contributed by atoms with Crippen LogP contribution in [0.25, 0.3) is 0 Å². The van der Waals surface area contributed by atoms with Crippen LogP contribution in [0.15, 0.2) is 60.7 Å². The molecular formula is C30H26O10. The van der Waals surface area contributed by atoms with Crippen molar-refractivity contribution in [2.45, 2.75) is 37.1 Å². The Balaban J connectivity index is 1.49. The van der Waals surface area contributed by atoms with Crippen LogP contribution in [0.1, 0.15) is 52.4 Å².